The van der Waals surface area contributed by atoms with E-state index >= 15 is 0 Å². The quantitative estimate of drug-likeness (QED) is 0.818. The third-order valence-electron chi connectivity index (χ3n) is 2.78. The number of hydrogen-bond donors (Lipinski definition) is 1. The minimum atomic E-state index is 0.744. The van der Waals surface area contributed by atoms with Crippen LogP contribution in [0.15, 0.2) is 24.7 Å². The first-order valence-electron chi connectivity index (χ1n) is 5.99. The van der Waals surface area contributed by atoms with Gasteiger partial charge in [0.15, 0.2) is 0 Å². The van der Waals surface area contributed by atoms with Gasteiger partial charge >= 0.3 is 0 Å². The van der Waals surface area contributed by atoms with Crippen molar-refractivity contribution in [1.82, 2.24) is 24.6 Å². The lowest BCUT2D eigenvalue weighted by Gasteiger charge is -2.08. The molecule has 0 atom stereocenters. The lowest BCUT2D eigenvalue weighted by atomic mass is 10.4. The molecular formula is C12H19N5. The van der Waals surface area contributed by atoms with Crippen molar-refractivity contribution in [3.8, 4) is 0 Å². The zero-order valence-electron chi connectivity index (χ0n) is 10.4. The summed E-state index contributed by atoms with van der Waals surface area (Å²) in [4.78, 5) is 0. The van der Waals surface area contributed by atoms with Crippen LogP contribution in [0.25, 0.3) is 0 Å². The lowest BCUT2D eigenvalue weighted by Crippen LogP contribution is -2.18. The van der Waals surface area contributed by atoms with Gasteiger partial charge in [-0.15, -0.1) is 10.2 Å². The molecule has 0 aliphatic rings. The van der Waals surface area contributed by atoms with Crippen molar-refractivity contribution in [1.29, 1.82) is 0 Å². The molecule has 0 bridgehead atoms. The fourth-order valence-electron chi connectivity index (χ4n) is 1.84. The minimum absolute atomic E-state index is 0.744. The molecule has 2 aromatic heterocycles. The van der Waals surface area contributed by atoms with E-state index in [1.165, 1.54) is 5.69 Å². The summed E-state index contributed by atoms with van der Waals surface area (Å²) in [6.45, 7) is 4.87. The fraction of sp³-hybridized carbons (Fsp3) is 0.500. The highest BCUT2D eigenvalue weighted by Gasteiger charge is 2.02. The van der Waals surface area contributed by atoms with Crippen molar-refractivity contribution in [3.05, 3.63) is 36.2 Å². The van der Waals surface area contributed by atoms with Gasteiger partial charge in [0.25, 0.3) is 0 Å². The molecule has 0 unspecified atom stereocenters. The number of aryl methyl sites for hydroxylation is 2. The smallest absolute Gasteiger partial charge is 0.146 e. The highest BCUT2D eigenvalue weighted by molar-refractivity contribution is 5.07. The van der Waals surface area contributed by atoms with E-state index in [2.05, 4.69) is 45.3 Å². The molecule has 0 spiro atoms. The molecule has 0 saturated heterocycles. The maximum Gasteiger partial charge on any atom is 0.146 e. The molecule has 1 N–H and O–H groups in total. The molecule has 0 fully saturated rings. The molecule has 2 heterocycles. The van der Waals surface area contributed by atoms with Gasteiger partial charge < -0.3 is 14.5 Å². The Bertz CT molecular complexity index is 457. The van der Waals surface area contributed by atoms with E-state index in [0.29, 0.717) is 0 Å². The minimum Gasteiger partial charge on any atom is -0.350 e. The van der Waals surface area contributed by atoms with Crippen LogP contribution in [-0.4, -0.2) is 19.3 Å². The van der Waals surface area contributed by atoms with Crippen LogP contribution in [0.5, 0.6) is 0 Å². The van der Waals surface area contributed by atoms with Gasteiger partial charge in [0, 0.05) is 32.0 Å². The van der Waals surface area contributed by atoms with E-state index in [1.807, 2.05) is 11.6 Å². The lowest BCUT2D eigenvalue weighted by molar-refractivity contribution is 0.584. The van der Waals surface area contributed by atoms with Gasteiger partial charge in [0.1, 0.15) is 12.2 Å². The Morgan fingerprint density at radius 1 is 1.35 bits per heavy atom. The summed E-state index contributed by atoms with van der Waals surface area (Å²) in [5.41, 5.74) is 1.31. The summed E-state index contributed by atoms with van der Waals surface area (Å²) in [6, 6.07) is 4.24. The molecule has 0 aliphatic heterocycles. The molecule has 5 nitrogen and oxygen atoms in total. The van der Waals surface area contributed by atoms with Crippen molar-refractivity contribution in [3.63, 3.8) is 0 Å². The zero-order chi connectivity index (χ0) is 12.1. The molecule has 2 aromatic rings. The molecule has 92 valence electrons. The van der Waals surface area contributed by atoms with Crippen LogP contribution in [0.4, 0.5) is 0 Å². The average Bonchev–Trinajstić information content (AvgIpc) is 2.90. The molecule has 17 heavy (non-hydrogen) atoms. The molecule has 0 aliphatic carbocycles. The van der Waals surface area contributed by atoms with Crippen LogP contribution in [0.1, 0.15) is 24.9 Å². The molecule has 5 heteroatoms. The van der Waals surface area contributed by atoms with E-state index in [4.69, 9.17) is 0 Å². The van der Waals surface area contributed by atoms with Gasteiger partial charge in [-0.2, -0.15) is 0 Å². The molecule has 0 amide bonds. The largest absolute Gasteiger partial charge is 0.350 e. The topological polar surface area (TPSA) is 47.7 Å². The van der Waals surface area contributed by atoms with Gasteiger partial charge in [0.05, 0.1) is 6.54 Å². The molecule has 0 saturated carbocycles. The predicted molar refractivity (Wildman–Crippen MR) is 66.3 cm³/mol. The summed E-state index contributed by atoms with van der Waals surface area (Å²) in [5.74, 6) is 0.957. The van der Waals surface area contributed by atoms with Crippen LogP contribution in [-0.2, 0) is 26.7 Å². The number of nitrogens with one attached hydrogen (secondary N) is 1. The Morgan fingerprint density at radius 2 is 2.24 bits per heavy atom. The Kier molecular flexibility index (Phi) is 3.93. The Morgan fingerprint density at radius 3 is 2.94 bits per heavy atom. The highest BCUT2D eigenvalue weighted by Crippen LogP contribution is 2.03. The second-order valence-electron chi connectivity index (χ2n) is 4.15. The average molecular weight is 233 g/mol. The summed E-state index contributed by atoms with van der Waals surface area (Å²) < 4.78 is 4.21. The van der Waals surface area contributed by atoms with Crippen molar-refractivity contribution < 1.29 is 0 Å². The number of nitrogens with zero attached hydrogens (tertiary/aromatic N) is 4. The summed E-state index contributed by atoms with van der Waals surface area (Å²) in [5, 5.41) is 11.3. The Hall–Kier alpha value is -1.62. The molecule has 2 rings (SSSR count). The van der Waals surface area contributed by atoms with Crippen LogP contribution in [0.3, 0.4) is 0 Å². The third kappa shape index (κ3) is 2.94. The van der Waals surface area contributed by atoms with E-state index in [1.54, 1.807) is 6.33 Å². The number of hydrogen-bond acceptors (Lipinski definition) is 3. The van der Waals surface area contributed by atoms with E-state index in [0.717, 1.165) is 31.9 Å². The SMILES string of the molecule is CCCn1cccc1CNCc1nncn1C. The summed E-state index contributed by atoms with van der Waals surface area (Å²) in [7, 11) is 1.96. The third-order valence-corrected chi connectivity index (χ3v) is 2.78. The molecular weight excluding hydrogens is 214 g/mol. The van der Waals surface area contributed by atoms with Crippen molar-refractivity contribution in [2.75, 3.05) is 0 Å². The zero-order valence-corrected chi connectivity index (χ0v) is 10.4. The van der Waals surface area contributed by atoms with Gasteiger partial charge in [-0.05, 0) is 18.6 Å². The Balaban J connectivity index is 1.86. The maximum atomic E-state index is 4.04. The van der Waals surface area contributed by atoms with Crippen LogP contribution in [0.2, 0.25) is 0 Å². The second-order valence-corrected chi connectivity index (χ2v) is 4.15. The summed E-state index contributed by atoms with van der Waals surface area (Å²) >= 11 is 0. The first-order valence-corrected chi connectivity index (χ1v) is 5.99. The van der Waals surface area contributed by atoms with Crippen molar-refractivity contribution in [2.45, 2.75) is 33.0 Å². The summed E-state index contributed by atoms with van der Waals surface area (Å²) in [6.07, 6.45) is 5.00. The van der Waals surface area contributed by atoms with Crippen molar-refractivity contribution in [2.24, 2.45) is 7.05 Å². The number of rotatable bonds is 6. The van der Waals surface area contributed by atoms with Gasteiger partial charge in [-0.25, -0.2) is 0 Å². The maximum absolute atomic E-state index is 4.04. The van der Waals surface area contributed by atoms with Crippen LogP contribution < -0.4 is 5.32 Å². The molecule has 0 radical (unpaired) electrons. The first kappa shape index (κ1) is 11.9. The first-order chi connectivity index (χ1) is 8.31. The second kappa shape index (κ2) is 5.63. The van der Waals surface area contributed by atoms with Crippen LogP contribution >= 0.6 is 0 Å². The van der Waals surface area contributed by atoms with Gasteiger partial charge in [0.2, 0.25) is 0 Å². The highest BCUT2D eigenvalue weighted by atomic mass is 15.3. The van der Waals surface area contributed by atoms with Crippen LogP contribution in [0, 0.1) is 0 Å². The van der Waals surface area contributed by atoms with Gasteiger partial charge in [-0.1, -0.05) is 6.92 Å². The number of aromatic nitrogens is 4. The standard InChI is InChI=1S/C12H19N5/c1-3-6-17-7-4-5-11(17)8-13-9-12-15-14-10-16(12)2/h4-5,7,10,13H,3,6,8-9H2,1-2H3. The predicted octanol–water partition coefficient (Wildman–Crippen LogP) is 1.32. The van der Waals surface area contributed by atoms with Gasteiger partial charge in [-0.3, -0.25) is 0 Å². The van der Waals surface area contributed by atoms with E-state index in [-0.39, 0.29) is 0 Å². The fourth-order valence-corrected chi connectivity index (χ4v) is 1.84. The van der Waals surface area contributed by atoms with Crippen molar-refractivity contribution >= 4 is 0 Å². The normalized spacial score (nSPS) is 10.9. The van der Waals surface area contributed by atoms with E-state index < -0.39 is 0 Å². The van der Waals surface area contributed by atoms with E-state index in [9.17, 15) is 0 Å². The molecule has 0 aromatic carbocycles. The monoisotopic (exact) mass is 233 g/mol. The Labute approximate surface area is 101 Å².